The van der Waals surface area contributed by atoms with Crippen LogP contribution in [0.25, 0.3) is 0 Å². The second-order valence-electron chi connectivity index (χ2n) is 6.53. The number of rotatable bonds is 6. The molecule has 0 aliphatic heterocycles. The molecule has 7 heteroatoms. The number of likely N-dealkylation sites (N-methyl/N-ethyl adjacent to an activating group) is 1. The van der Waals surface area contributed by atoms with E-state index in [1.165, 1.54) is 12.1 Å². The number of nitrogens with zero attached hydrogens (tertiary/aromatic N) is 1. The lowest BCUT2D eigenvalue weighted by Crippen LogP contribution is -2.51. The first-order valence-electron chi connectivity index (χ1n) is 8.46. The SMILES string of the molecule is CN(Cc1ccco1)[C@H]1CCCC[C@H]1NS(=O)(=O)c1ccc(Cl)cc1. The maximum atomic E-state index is 12.7. The predicted octanol–water partition coefficient (Wildman–Crippen LogP) is 3.65. The molecule has 0 unspecified atom stereocenters. The van der Waals surface area contributed by atoms with Gasteiger partial charge in [0, 0.05) is 17.1 Å². The minimum atomic E-state index is -3.56. The van der Waals surface area contributed by atoms with E-state index in [0.29, 0.717) is 11.6 Å². The first-order valence-corrected chi connectivity index (χ1v) is 10.3. The van der Waals surface area contributed by atoms with Crippen molar-refractivity contribution in [2.45, 2.75) is 49.2 Å². The van der Waals surface area contributed by atoms with E-state index in [1.54, 1.807) is 18.4 Å². The molecule has 1 aliphatic carbocycles. The number of hydrogen-bond donors (Lipinski definition) is 1. The Morgan fingerprint density at radius 1 is 1.20 bits per heavy atom. The molecule has 1 aromatic heterocycles. The van der Waals surface area contributed by atoms with Crippen molar-refractivity contribution in [2.24, 2.45) is 0 Å². The molecule has 2 atom stereocenters. The van der Waals surface area contributed by atoms with Crippen LogP contribution in [0.2, 0.25) is 5.02 Å². The minimum absolute atomic E-state index is 0.116. The van der Waals surface area contributed by atoms with E-state index in [9.17, 15) is 8.42 Å². The Hall–Kier alpha value is -1.34. The second kappa shape index (κ2) is 7.91. The van der Waals surface area contributed by atoms with Gasteiger partial charge in [-0.25, -0.2) is 13.1 Å². The highest BCUT2D eigenvalue weighted by atomic mass is 35.5. The van der Waals surface area contributed by atoms with Gasteiger partial charge in [0.2, 0.25) is 10.0 Å². The Morgan fingerprint density at radius 2 is 1.92 bits per heavy atom. The molecule has 1 heterocycles. The fourth-order valence-electron chi connectivity index (χ4n) is 3.42. The van der Waals surface area contributed by atoms with Gasteiger partial charge in [0.05, 0.1) is 17.7 Å². The monoisotopic (exact) mass is 382 g/mol. The summed E-state index contributed by atoms with van der Waals surface area (Å²) >= 11 is 5.86. The van der Waals surface area contributed by atoms with Crippen LogP contribution in [0.1, 0.15) is 31.4 Å². The maximum Gasteiger partial charge on any atom is 0.240 e. The number of benzene rings is 1. The quantitative estimate of drug-likeness (QED) is 0.828. The van der Waals surface area contributed by atoms with E-state index in [2.05, 4.69) is 9.62 Å². The molecule has 136 valence electrons. The average Bonchev–Trinajstić information content (AvgIpc) is 3.08. The van der Waals surface area contributed by atoms with Crippen LogP contribution in [-0.4, -0.2) is 32.4 Å². The molecule has 0 amide bonds. The Bertz CT molecular complexity index is 775. The lowest BCUT2D eigenvalue weighted by Gasteiger charge is -2.37. The number of furan rings is 1. The van der Waals surface area contributed by atoms with Gasteiger partial charge in [0.1, 0.15) is 5.76 Å². The summed E-state index contributed by atoms with van der Waals surface area (Å²) in [5.74, 6) is 0.882. The molecular weight excluding hydrogens is 360 g/mol. The summed E-state index contributed by atoms with van der Waals surface area (Å²) in [6.45, 7) is 0.664. The van der Waals surface area contributed by atoms with Gasteiger partial charge in [-0.15, -0.1) is 0 Å². The number of sulfonamides is 1. The third kappa shape index (κ3) is 4.64. The normalized spacial score (nSPS) is 21.6. The largest absolute Gasteiger partial charge is 0.468 e. The molecule has 0 bridgehead atoms. The lowest BCUT2D eigenvalue weighted by molar-refractivity contribution is 0.145. The molecule has 0 saturated heterocycles. The lowest BCUT2D eigenvalue weighted by atomic mass is 9.90. The van der Waals surface area contributed by atoms with Crippen molar-refractivity contribution in [1.82, 2.24) is 9.62 Å². The summed E-state index contributed by atoms with van der Waals surface area (Å²) in [7, 11) is -1.55. The van der Waals surface area contributed by atoms with Gasteiger partial charge in [-0.1, -0.05) is 24.4 Å². The zero-order valence-corrected chi connectivity index (χ0v) is 15.8. The summed E-state index contributed by atoms with van der Waals surface area (Å²) in [6, 6.07) is 10.1. The van der Waals surface area contributed by atoms with E-state index >= 15 is 0 Å². The third-order valence-corrected chi connectivity index (χ3v) is 6.47. The fourth-order valence-corrected chi connectivity index (χ4v) is 4.85. The van der Waals surface area contributed by atoms with Crippen molar-refractivity contribution in [3.05, 3.63) is 53.4 Å². The summed E-state index contributed by atoms with van der Waals surface area (Å²) in [6.07, 6.45) is 5.58. The number of nitrogens with one attached hydrogen (secondary N) is 1. The Labute approximate surface area is 154 Å². The molecule has 1 saturated carbocycles. The number of halogens is 1. The van der Waals surface area contributed by atoms with Crippen molar-refractivity contribution in [2.75, 3.05) is 7.05 Å². The van der Waals surface area contributed by atoms with Crippen molar-refractivity contribution in [1.29, 1.82) is 0 Å². The molecule has 1 aliphatic rings. The van der Waals surface area contributed by atoms with Crippen LogP contribution in [0, 0.1) is 0 Å². The zero-order valence-electron chi connectivity index (χ0n) is 14.2. The topological polar surface area (TPSA) is 62.6 Å². The van der Waals surface area contributed by atoms with Crippen LogP contribution in [0.3, 0.4) is 0 Å². The molecule has 1 aromatic carbocycles. The van der Waals surface area contributed by atoms with Crippen LogP contribution >= 0.6 is 11.6 Å². The minimum Gasteiger partial charge on any atom is -0.468 e. The van der Waals surface area contributed by atoms with Crippen molar-refractivity contribution in [3.8, 4) is 0 Å². The van der Waals surface area contributed by atoms with E-state index in [4.69, 9.17) is 16.0 Å². The van der Waals surface area contributed by atoms with Gasteiger partial charge < -0.3 is 4.42 Å². The molecule has 3 rings (SSSR count). The second-order valence-corrected chi connectivity index (χ2v) is 8.68. The molecular formula is C18H23ClN2O3S. The molecule has 1 fully saturated rings. The van der Waals surface area contributed by atoms with Gasteiger partial charge in [-0.05, 0) is 56.3 Å². The van der Waals surface area contributed by atoms with Gasteiger partial charge in [0.25, 0.3) is 0 Å². The van der Waals surface area contributed by atoms with Crippen molar-refractivity contribution in [3.63, 3.8) is 0 Å². The van der Waals surface area contributed by atoms with Crippen LogP contribution < -0.4 is 4.72 Å². The van der Waals surface area contributed by atoms with E-state index in [1.807, 2.05) is 19.2 Å². The fraction of sp³-hybridized carbons (Fsp3) is 0.444. The average molecular weight is 383 g/mol. The zero-order chi connectivity index (χ0) is 17.9. The molecule has 5 nitrogen and oxygen atoms in total. The van der Waals surface area contributed by atoms with Crippen LogP contribution in [0.5, 0.6) is 0 Å². The molecule has 1 N–H and O–H groups in total. The Morgan fingerprint density at radius 3 is 2.60 bits per heavy atom. The smallest absolute Gasteiger partial charge is 0.240 e. The van der Waals surface area contributed by atoms with Gasteiger partial charge >= 0.3 is 0 Å². The molecule has 0 spiro atoms. The van der Waals surface area contributed by atoms with Gasteiger partial charge in [-0.3, -0.25) is 4.90 Å². The van der Waals surface area contributed by atoms with Gasteiger partial charge in [-0.2, -0.15) is 0 Å². The summed E-state index contributed by atoms with van der Waals surface area (Å²) in [5, 5.41) is 0.521. The third-order valence-electron chi connectivity index (χ3n) is 4.71. The van der Waals surface area contributed by atoms with Crippen LogP contribution in [0.4, 0.5) is 0 Å². The van der Waals surface area contributed by atoms with E-state index < -0.39 is 10.0 Å². The van der Waals surface area contributed by atoms with Crippen molar-refractivity contribution >= 4 is 21.6 Å². The highest BCUT2D eigenvalue weighted by Gasteiger charge is 2.32. The maximum absolute atomic E-state index is 12.7. The molecule has 2 aromatic rings. The summed E-state index contributed by atoms with van der Waals surface area (Å²) < 4.78 is 33.7. The molecule has 25 heavy (non-hydrogen) atoms. The van der Waals surface area contributed by atoms with E-state index in [0.717, 1.165) is 31.4 Å². The van der Waals surface area contributed by atoms with Crippen molar-refractivity contribution < 1.29 is 12.8 Å². The first-order chi connectivity index (χ1) is 12.0. The van der Waals surface area contributed by atoms with E-state index in [-0.39, 0.29) is 17.0 Å². The van der Waals surface area contributed by atoms with Gasteiger partial charge in [0.15, 0.2) is 0 Å². The highest BCUT2D eigenvalue weighted by Crippen LogP contribution is 2.25. The summed E-state index contributed by atoms with van der Waals surface area (Å²) in [5.41, 5.74) is 0. The number of hydrogen-bond acceptors (Lipinski definition) is 4. The first kappa shape index (κ1) is 18.5. The standard InChI is InChI=1S/C18H23ClN2O3S/c1-21(13-15-5-4-12-24-15)18-7-3-2-6-17(18)20-25(22,23)16-10-8-14(19)9-11-16/h4-5,8-12,17-18,20H,2-3,6-7,13H2,1H3/t17-,18+/m1/s1. The Kier molecular flexibility index (Phi) is 5.84. The van der Waals surface area contributed by atoms with Crippen LogP contribution in [0.15, 0.2) is 52.0 Å². The highest BCUT2D eigenvalue weighted by molar-refractivity contribution is 7.89. The van der Waals surface area contributed by atoms with Crippen LogP contribution in [-0.2, 0) is 16.6 Å². The Balaban J connectivity index is 1.73. The predicted molar refractivity (Wildman–Crippen MR) is 98.0 cm³/mol. The summed E-state index contributed by atoms with van der Waals surface area (Å²) in [4.78, 5) is 2.42. The molecule has 0 radical (unpaired) electrons.